The number of hydrogen-bond donors (Lipinski definition) is 1. The SMILES string of the molecule is C=CC(=O)OC1CC([PH](F)=S)OC1CS. The summed E-state index contributed by atoms with van der Waals surface area (Å²) in [6.07, 6.45) is 0.550. The largest absolute Gasteiger partial charge is 0.456 e. The molecule has 3 nitrogen and oxygen atoms in total. The highest BCUT2D eigenvalue weighted by Crippen LogP contribution is 2.40. The summed E-state index contributed by atoms with van der Waals surface area (Å²) in [7, 11) is -2.42. The standard InChI is InChI=1S/C8H12FO3PS2/c1-2-7(10)11-5-3-8(13(9)15)12-6(5)4-14/h2,5-6,8,13-14H,1,3-4H2. The average molecular weight is 270 g/mol. The topological polar surface area (TPSA) is 35.5 Å². The maximum Gasteiger partial charge on any atom is 0.330 e. The van der Waals surface area contributed by atoms with Crippen molar-refractivity contribution in [3.63, 3.8) is 0 Å². The van der Waals surface area contributed by atoms with E-state index in [2.05, 4.69) is 31.0 Å². The van der Waals surface area contributed by atoms with Crippen LogP contribution in [0, 0.1) is 0 Å². The van der Waals surface area contributed by atoms with E-state index in [0.717, 1.165) is 6.08 Å². The Bertz CT molecular complexity index is 287. The molecule has 4 atom stereocenters. The van der Waals surface area contributed by atoms with Gasteiger partial charge in [-0.05, 0) is 0 Å². The molecule has 1 saturated heterocycles. The maximum atomic E-state index is 12.9. The molecule has 1 aliphatic heterocycles. The normalized spacial score (nSPS) is 32.3. The summed E-state index contributed by atoms with van der Waals surface area (Å²) >= 11 is 8.61. The highest BCUT2D eigenvalue weighted by Gasteiger charge is 2.38. The molecule has 15 heavy (non-hydrogen) atoms. The zero-order valence-electron chi connectivity index (χ0n) is 7.89. The van der Waals surface area contributed by atoms with Crippen molar-refractivity contribution < 1.29 is 18.5 Å². The summed E-state index contributed by atoms with van der Waals surface area (Å²) < 4.78 is 23.2. The van der Waals surface area contributed by atoms with E-state index in [-0.39, 0.29) is 6.10 Å². The summed E-state index contributed by atoms with van der Waals surface area (Å²) in [5.41, 5.74) is 0. The van der Waals surface area contributed by atoms with Gasteiger partial charge in [-0.15, -0.1) is 0 Å². The summed E-state index contributed by atoms with van der Waals surface area (Å²) in [5, 5.41) is 0. The van der Waals surface area contributed by atoms with Crippen LogP contribution in [0.4, 0.5) is 4.20 Å². The van der Waals surface area contributed by atoms with E-state index in [0.29, 0.717) is 12.2 Å². The van der Waals surface area contributed by atoms with Crippen LogP contribution in [-0.2, 0) is 26.1 Å². The summed E-state index contributed by atoms with van der Waals surface area (Å²) in [6, 6.07) is 0. The zero-order valence-corrected chi connectivity index (χ0v) is 10.6. The molecule has 0 spiro atoms. The second-order valence-electron chi connectivity index (χ2n) is 3.07. The van der Waals surface area contributed by atoms with Gasteiger partial charge in [0.25, 0.3) is 0 Å². The molecule has 0 bridgehead atoms. The molecule has 1 heterocycles. The molecule has 0 N–H and O–H groups in total. The summed E-state index contributed by atoms with van der Waals surface area (Å²) in [5.74, 6) is -0.756. The Morgan fingerprint density at radius 1 is 1.87 bits per heavy atom. The van der Waals surface area contributed by atoms with E-state index < -0.39 is 24.9 Å². The van der Waals surface area contributed by atoms with Gasteiger partial charge in [-0.25, -0.2) is 8.99 Å². The Balaban J connectivity index is 2.59. The second-order valence-corrected chi connectivity index (χ2v) is 5.85. The highest BCUT2D eigenvalue weighted by molar-refractivity contribution is 8.03. The van der Waals surface area contributed by atoms with Crippen molar-refractivity contribution in [3.05, 3.63) is 12.7 Å². The summed E-state index contributed by atoms with van der Waals surface area (Å²) in [6.45, 7) is 3.28. The second kappa shape index (κ2) is 5.99. The molecule has 0 saturated carbocycles. The molecule has 0 amide bonds. The third-order valence-electron chi connectivity index (χ3n) is 2.07. The van der Waals surface area contributed by atoms with Crippen molar-refractivity contribution >= 4 is 37.4 Å². The fraction of sp³-hybridized carbons (Fsp3) is 0.625. The minimum atomic E-state index is -2.42. The van der Waals surface area contributed by atoms with Crippen LogP contribution in [0.15, 0.2) is 12.7 Å². The fourth-order valence-corrected chi connectivity index (χ4v) is 2.82. The van der Waals surface area contributed by atoms with Crippen LogP contribution < -0.4 is 0 Å². The van der Waals surface area contributed by atoms with Crippen molar-refractivity contribution in [3.8, 4) is 0 Å². The molecule has 86 valence electrons. The van der Waals surface area contributed by atoms with Gasteiger partial charge >= 0.3 is 5.97 Å². The van der Waals surface area contributed by atoms with Crippen molar-refractivity contribution in [2.45, 2.75) is 24.5 Å². The van der Waals surface area contributed by atoms with Crippen molar-refractivity contribution in [1.82, 2.24) is 0 Å². The first-order valence-corrected chi connectivity index (χ1v) is 7.59. The van der Waals surface area contributed by atoms with E-state index in [1.165, 1.54) is 0 Å². The van der Waals surface area contributed by atoms with Gasteiger partial charge in [-0.3, -0.25) is 0 Å². The minimum Gasteiger partial charge on any atom is -0.456 e. The molecule has 1 fully saturated rings. The molecule has 0 radical (unpaired) electrons. The van der Waals surface area contributed by atoms with Gasteiger partial charge < -0.3 is 9.47 Å². The first kappa shape index (κ1) is 13.2. The van der Waals surface area contributed by atoms with Gasteiger partial charge in [-0.1, -0.05) is 18.4 Å². The van der Waals surface area contributed by atoms with Crippen LogP contribution >= 0.6 is 19.6 Å². The quantitative estimate of drug-likeness (QED) is 0.365. The van der Waals surface area contributed by atoms with E-state index in [9.17, 15) is 8.99 Å². The van der Waals surface area contributed by atoms with Gasteiger partial charge in [0.05, 0.1) is 0 Å². The first-order chi connectivity index (χ1) is 7.08. The number of ether oxygens (including phenoxy) is 2. The third kappa shape index (κ3) is 3.55. The van der Waals surface area contributed by atoms with Crippen molar-refractivity contribution in [2.75, 3.05) is 5.75 Å². The van der Waals surface area contributed by atoms with Crippen LogP contribution in [0.2, 0.25) is 0 Å². The van der Waals surface area contributed by atoms with E-state index in [4.69, 9.17) is 9.47 Å². The Kier molecular flexibility index (Phi) is 5.26. The number of halogens is 1. The molecule has 0 aromatic carbocycles. The summed E-state index contributed by atoms with van der Waals surface area (Å²) in [4.78, 5) is 11.0. The van der Waals surface area contributed by atoms with E-state index in [1.807, 2.05) is 0 Å². The Morgan fingerprint density at radius 3 is 3.00 bits per heavy atom. The first-order valence-electron chi connectivity index (χ1n) is 4.37. The zero-order chi connectivity index (χ0) is 11.4. The van der Waals surface area contributed by atoms with Gasteiger partial charge in [-0.2, -0.15) is 12.6 Å². The number of thiol groups is 1. The lowest BCUT2D eigenvalue weighted by Gasteiger charge is -2.15. The Labute approximate surface area is 99.0 Å². The lowest BCUT2D eigenvalue weighted by molar-refractivity contribution is -0.145. The van der Waals surface area contributed by atoms with Gasteiger partial charge in [0.1, 0.15) is 25.1 Å². The molecule has 1 aliphatic rings. The predicted molar refractivity (Wildman–Crippen MR) is 64.0 cm³/mol. The lowest BCUT2D eigenvalue weighted by atomic mass is 10.2. The minimum absolute atomic E-state index is 0.319. The Morgan fingerprint density at radius 2 is 2.53 bits per heavy atom. The van der Waals surface area contributed by atoms with Crippen molar-refractivity contribution in [2.24, 2.45) is 0 Å². The molecule has 0 aromatic rings. The van der Waals surface area contributed by atoms with Crippen LogP contribution in [0.25, 0.3) is 0 Å². The smallest absolute Gasteiger partial charge is 0.330 e. The van der Waals surface area contributed by atoms with Gasteiger partial charge in [0, 0.05) is 18.2 Å². The molecule has 7 heteroatoms. The lowest BCUT2D eigenvalue weighted by Crippen LogP contribution is -2.27. The molecule has 1 rings (SSSR count). The van der Waals surface area contributed by atoms with Gasteiger partial charge in [0.15, 0.2) is 0 Å². The number of esters is 1. The number of rotatable bonds is 4. The van der Waals surface area contributed by atoms with Crippen LogP contribution in [0.5, 0.6) is 0 Å². The van der Waals surface area contributed by atoms with Gasteiger partial charge in [0.2, 0.25) is 0 Å². The molecular formula is C8H12FO3PS2. The van der Waals surface area contributed by atoms with Crippen LogP contribution in [0.1, 0.15) is 6.42 Å². The molecular weight excluding hydrogens is 258 g/mol. The third-order valence-corrected chi connectivity index (χ3v) is 4.09. The van der Waals surface area contributed by atoms with E-state index >= 15 is 0 Å². The Hall–Kier alpha value is 0.1000. The molecule has 0 aliphatic carbocycles. The maximum absolute atomic E-state index is 12.9. The monoisotopic (exact) mass is 270 g/mol. The van der Waals surface area contributed by atoms with E-state index in [1.54, 1.807) is 0 Å². The van der Waals surface area contributed by atoms with Crippen LogP contribution in [0.3, 0.4) is 0 Å². The number of carbonyl (C=O) groups is 1. The number of carbonyl (C=O) groups excluding carboxylic acids is 1. The van der Waals surface area contributed by atoms with Crippen LogP contribution in [-0.4, -0.2) is 29.8 Å². The number of hydrogen-bond acceptors (Lipinski definition) is 5. The molecule has 0 aromatic heterocycles. The van der Waals surface area contributed by atoms with Crippen molar-refractivity contribution in [1.29, 1.82) is 0 Å². The predicted octanol–water partition coefficient (Wildman–Crippen LogP) is 1.69. The molecule has 4 unspecified atom stereocenters. The fourth-order valence-electron chi connectivity index (χ4n) is 1.35. The average Bonchev–Trinajstić information content (AvgIpc) is 2.61. The highest BCUT2D eigenvalue weighted by atomic mass is 32.4.